The highest BCUT2D eigenvalue weighted by Gasteiger charge is 2.33. The molecule has 0 saturated carbocycles. The maximum atomic E-state index is 13.0. The number of nitrogens with zero attached hydrogens (tertiary/aromatic N) is 1. The van der Waals surface area contributed by atoms with Crippen LogP contribution in [0, 0.1) is 6.92 Å². The van der Waals surface area contributed by atoms with Crippen LogP contribution in [0.2, 0.25) is 0 Å². The van der Waals surface area contributed by atoms with Crippen molar-refractivity contribution >= 4 is 57.6 Å². The predicted octanol–water partition coefficient (Wildman–Crippen LogP) is 5.42. The van der Waals surface area contributed by atoms with Crippen molar-refractivity contribution in [2.75, 3.05) is 16.8 Å². The van der Waals surface area contributed by atoms with Crippen molar-refractivity contribution in [3.05, 3.63) is 94.9 Å². The number of ether oxygens (including phenoxy) is 1. The molecule has 3 aromatic carbocycles. The highest BCUT2D eigenvalue weighted by Crippen LogP contribution is 2.37. The molecular formula is C25H20N2O3S2. The first kappa shape index (κ1) is 21.8. The molecule has 1 aliphatic rings. The van der Waals surface area contributed by atoms with Crippen LogP contribution < -0.4 is 15.0 Å². The molecule has 0 spiro atoms. The number of para-hydroxylation sites is 2. The molecule has 0 unspecified atom stereocenters. The van der Waals surface area contributed by atoms with Crippen LogP contribution in [0.5, 0.6) is 5.75 Å². The molecule has 7 heteroatoms. The van der Waals surface area contributed by atoms with E-state index in [1.807, 2.05) is 79.7 Å². The average molecular weight is 461 g/mol. The third kappa shape index (κ3) is 5.07. The van der Waals surface area contributed by atoms with Crippen LogP contribution in [-0.4, -0.2) is 22.7 Å². The molecule has 5 nitrogen and oxygen atoms in total. The van der Waals surface area contributed by atoms with E-state index in [1.54, 1.807) is 12.1 Å². The number of thioether (sulfide) groups is 1. The summed E-state index contributed by atoms with van der Waals surface area (Å²) in [5, 5.41) is 2.81. The Morgan fingerprint density at radius 3 is 2.47 bits per heavy atom. The van der Waals surface area contributed by atoms with E-state index in [2.05, 4.69) is 5.32 Å². The first-order valence-corrected chi connectivity index (χ1v) is 11.1. The molecule has 1 fully saturated rings. The molecule has 3 aromatic rings. The average Bonchev–Trinajstić information content (AvgIpc) is 3.08. The second-order valence-electron chi connectivity index (χ2n) is 7.09. The zero-order valence-electron chi connectivity index (χ0n) is 17.3. The van der Waals surface area contributed by atoms with Crippen molar-refractivity contribution < 1.29 is 14.3 Å². The van der Waals surface area contributed by atoms with Gasteiger partial charge < -0.3 is 10.1 Å². The fourth-order valence-electron chi connectivity index (χ4n) is 3.12. The van der Waals surface area contributed by atoms with Gasteiger partial charge in [-0.05, 0) is 43.3 Å². The Balaban J connectivity index is 1.47. The van der Waals surface area contributed by atoms with Gasteiger partial charge in [-0.25, -0.2) is 0 Å². The maximum absolute atomic E-state index is 13.0. The van der Waals surface area contributed by atoms with Crippen molar-refractivity contribution in [1.82, 2.24) is 0 Å². The van der Waals surface area contributed by atoms with Crippen LogP contribution >= 0.6 is 24.0 Å². The number of thiocarbonyl (C=S) groups is 1. The molecular weight excluding hydrogens is 440 g/mol. The van der Waals surface area contributed by atoms with E-state index in [0.717, 1.165) is 11.3 Å². The molecule has 1 aliphatic heterocycles. The van der Waals surface area contributed by atoms with Gasteiger partial charge in [0.15, 0.2) is 10.9 Å². The number of carbonyl (C=O) groups is 2. The summed E-state index contributed by atoms with van der Waals surface area (Å²) in [7, 11) is 0. The van der Waals surface area contributed by atoms with Crippen molar-refractivity contribution in [3.8, 4) is 5.75 Å². The quantitative estimate of drug-likeness (QED) is 0.393. The van der Waals surface area contributed by atoms with Crippen LogP contribution in [0.15, 0.2) is 83.8 Å². The van der Waals surface area contributed by atoms with Gasteiger partial charge in [0.25, 0.3) is 11.8 Å². The molecule has 0 aromatic heterocycles. The van der Waals surface area contributed by atoms with Crippen molar-refractivity contribution in [2.24, 2.45) is 0 Å². The molecule has 2 amide bonds. The predicted molar refractivity (Wildman–Crippen MR) is 134 cm³/mol. The molecule has 0 radical (unpaired) electrons. The van der Waals surface area contributed by atoms with Crippen molar-refractivity contribution in [2.45, 2.75) is 6.92 Å². The summed E-state index contributed by atoms with van der Waals surface area (Å²) in [5.74, 6) is 0.0636. The Morgan fingerprint density at radius 2 is 1.72 bits per heavy atom. The fourth-order valence-corrected chi connectivity index (χ4v) is 4.41. The molecule has 1 heterocycles. The lowest BCUT2D eigenvalue weighted by Gasteiger charge is -2.14. The van der Waals surface area contributed by atoms with Crippen LogP contribution in [0.3, 0.4) is 0 Å². The lowest BCUT2D eigenvalue weighted by Crippen LogP contribution is -2.27. The number of anilines is 2. The molecule has 1 saturated heterocycles. The zero-order valence-corrected chi connectivity index (χ0v) is 18.9. The fraction of sp³-hybridized carbons (Fsp3) is 0.0800. The van der Waals surface area contributed by atoms with Crippen LogP contribution in [0.25, 0.3) is 6.08 Å². The summed E-state index contributed by atoms with van der Waals surface area (Å²) in [6.45, 7) is 1.84. The number of carbonyl (C=O) groups excluding carboxylic acids is 2. The minimum Gasteiger partial charge on any atom is -0.483 e. The van der Waals surface area contributed by atoms with Gasteiger partial charge in [0.2, 0.25) is 0 Å². The van der Waals surface area contributed by atoms with E-state index >= 15 is 0 Å². The monoisotopic (exact) mass is 460 g/mol. The summed E-state index contributed by atoms with van der Waals surface area (Å²) in [5.41, 5.74) is 3.26. The van der Waals surface area contributed by atoms with E-state index in [0.29, 0.717) is 26.2 Å². The lowest BCUT2D eigenvalue weighted by atomic mass is 10.2. The van der Waals surface area contributed by atoms with Gasteiger partial charge in [0, 0.05) is 11.3 Å². The van der Waals surface area contributed by atoms with Gasteiger partial charge in [-0.3, -0.25) is 14.5 Å². The number of aryl methyl sites for hydroxylation is 1. The molecule has 4 rings (SSSR count). The molecule has 0 aliphatic carbocycles. The maximum Gasteiger partial charge on any atom is 0.270 e. The summed E-state index contributed by atoms with van der Waals surface area (Å²) in [4.78, 5) is 27.3. The Hall–Kier alpha value is -3.42. The number of amides is 2. The number of rotatable bonds is 6. The van der Waals surface area contributed by atoms with Gasteiger partial charge in [-0.1, -0.05) is 78.1 Å². The second kappa shape index (κ2) is 9.80. The summed E-state index contributed by atoms with van der Waals surface area (Å²) < 4.78 is 6.23. The highest BCUT2D eigenvalue weighted by molar-refractivity contribution is 8.27. The molecule has 32 heavy (non-hydrogen) atoms. The molecule has 0 atom stereocenters. The molecule has 160 valence electrons. The third-order valence-electron chi connectivity index (χ3n) is 4.71. The lowest BCUT2D eigenvalue weighted by molar-refractivity contribution is -0.118. The Labute approximate surface area is 196 Å². The second-order valence-corrected chi connectivity index (χ2v) is 8.77. The van der Waals surface area contributed by atoms with Crippen molar-refractivity contribution in [1.29, 1.82) is 0 Å². The minimum atomic E-state index is -0.265. The van der Waals surface area contributed by atoms with Crippen LogP contribution in [0.4, 0.5) is 11.4 Å². The zero-order chi connectivity index (χ0) is 22.5. The standard InChI is InChI=1S/C25H20N2O3S2/c1-17-11-13-19(14-12-17)26-23(28)16-30-21-10-6-5-7-18(21)15-22-24(29)27(25(31)32-22)20-8-3-2-4-9-20/h2-15H,16H2,1H3,(H,26,28)/b22-15+. The van der Waals surface area contributed by atoms with Gasteiger partial charge >= 0.3 is 0 Å². The molecule has 1 N–H and O–H groups in total. The number of hydrogen-bond acceptors (Lipinski definition) is 5. The van der Waals surface area contributed by atoms with E-state index in [-0.39, 0.29) is 18.4 Å². The summed E-state index contributed by atoms with van der Waals surface area (Å²) in [6, 6.07) is 24.1. The van der Waals surface area contributed by atoms with Crippen LogP contribution in [-0.2, 0) is 9.59 Å². The van der Waals surface area contributed by atoms with Gasteiger partial charge in [-0.2, -0.15) is 0 Å². The largest absolute Gasteiger partial charge is 0.483 e. The van der Waals surface area contributed by atoms with E-state index < -0.39 is 0 Å². The first-order valence-electron chi connectivity index (χ1n) is 9.92. The minimum absolute atomic E-state index is 0.149. The highest BCUT2D eigenvalue weighted by atomic mass is 32.2. The Bertz CT molecular complexity index is 1190. The normalized spacial score (nSPS) is 14.7. The Morgan fingerprint density at radius 1 is 1.03 bits per heavy atom. The van der Waals surface area contributed by atoms with E-state index in [1.165, 1.54) is 16.7 Å². The number of nitrogens with one attached hydrogen (secondary N) is 1. The van der Waals surface area contributed by atoms with Crippen molar-refractivity contribution in [3.63, 3.8) is 0 Å². The number of hydrogen-bond donors (Lipinski definition) is 1. The topological polar surface area (TPSA) is 58.6 Å². The van der Waals surface area contributed by atoms with Gasteiger partial charge in [0.1, 0.15) is 5.75 Å². The van der Waals surface area contributed by atoms with Gasteiger partial charge in [-0.15, -0.1) is 0 Å². The van der Waals surface area contributed by atoms with E-state index in [9.17, 15) is 9.59 Å². The summed E-state index contributed by atoms with van der Waals surface area (Å²) >= 11 is 6.67. The van der Waals surface area contributed by atoms with E-state index in [4.69, 9.17) is 17.0 Å². The smallest absolute Gasteiger partial charge is 0.270 e. The van der Waals surface area contributed by atoms with Crippen LogP contribution in [0.1, 0.15) is 11.1 Å². The molecule has 0 bridgehead atoms. The number of benzene rings is 3. The Kier molecular flexibility index (Phi) is 6.68. The van der Waals surface area contributed by atoms with Gasteiger partial charge in [0.05, 0.1) is 10.6 Å². The third-order valence-corrected chi connectivity index (χ3v) is 6.01. The summed E-state index contributed by atoms with van der Waals surface area (Å²) in [6.07, 6.45) is 1.75. The first-order chi connectivity index (χ1) is 15.5. The SMILES string of the molecule is Cc1ccc(NC(=O)COc2ccccc2/C=C2/SC(=S)N(c3ccccc3)C2=O)cc1.